The van der Waals surface area contributed by atoms with Gasteiger partial charge in [0, 0.05) is 11.3 Å². The first-order valence-corrected chi connectivity index (χ1v) is 6.52. The van der Waals surface area contributed by atoms with Gasteiger partial charge in [-0.25, -0.2) is 0 Å². The van der Waals surface area contributed by atoms with Crippen molar-refractivity contribution in [3.8, 4) is 0 Å². The van der Waals surface area contributed by atoms with Gasteiger partial charge in [-0.05, 0) is 23.0 Å². The van der Waals surface area contributed by atoms with Crippen LogP contribution in [0.25, 0.3) is 11.0 Å². The van der Waals surface area contributed by atoms with Crippen LogP contribution in [0.1, 0.15) is 39.6 Å². The van der Waals surface area contributed by atoms with Gasteiger partial charge in [-0.1, -0.05) is 45.9 Å². The maximum Gasteiger partial charge on any atom is 0.134 e. The number of furan rings is 1. The minimum absolute atomic E-state index is 0.158. The summed E-state index contributed by atoms with van der Waals surface area (Å²) in [5.41, 5.74) is 1.17. The lowest BCUT2D eigenvalue weighted by Crippen LogP contribution is -2.04. The first kappa shape index (κ1) is 11.8. The SMILES string of the molecule is CC1(C)C(C(O)c2cc3ccccc3o2)C1(C)C. The van der Waals surface area contributed by atoms with E-state index in [0.29, 0.717) is 5.76 Å². The van der Waals surface area contributed by atoms with Crippen molar-refractivity contribution in [2.24, 2.45) is 16.7 Å². The first-order valence-electron chi connectivity index (χ1n) is 6.52. The van der Waals surface area contributed by atoms with Gasteiger partial charge in [-0.3, -0.25) is 0 Å². The van der Waals surface area contributed by atoms with E-state index in [1.165, 1.54) is 0 Å². The Hall–Kier alpha value is -1.28. The summed E-state index contributed by atoms with van der Waals surface area (Å²) in [7, 11) is 0. The molecule has 1 unspecified atom stereocenters. The lowest BCUT2D eigenvalue weighted by atomic mass is 10.0. The highest BCUT2D eigenvalue weighted by Gasteiger charge is 2.67. The molecule has 1 aliphatic rings. The highest BCUT2D eigenvalue weighted by Crippen LogP contribution is 2.72. The number of rotatable bonds is 2. The standard InChI is InChI=1S/C16H20O2/c1-15(2)14(16(15,3)4)13(17)12-9-10-7-5-6-8-11(10)18-12/h5-9,13-14,17H,1-4H3. The third kappa shape index (κ3) is 1.39. The number of aliphatic hydroxyl groups is 1. The molecule has 0 saturated heterocycles. The second-order valence-corrected chi connectivity index (χ2v) is 6.55. The highest BCUT2D eigenvalue weighted by molar-refractivity contribution is 5.77. The van der Waals surface area contributed by atoms with Gasteiger partial charge in [0.15, 0.2) is 0 Å². The third-order valence-corrected chi connectivity index (χ3v) is 5.18. The van der Waals surface area contributed by atoms with Crippen LogP contribution in [-0.2, 0) is 0 Å². The molecular formula is C16H20O2. The van der Waals surface area contributed by atoms with Crippen molar-refractivity contribution in [2.75, 3.05) is 0 Å². The van der Waals surface area contributed by atoms with E-state index in [0.717, 1.165) is 11.0 Å². The summed E-state index contributed by atoms with van der Waals surface area (Å²) in [5.74, 6) is 0.949. The molecular weight excluding hydrogens is 224 g/mol. The zero-order valence-electron chi connectivity index (χ0n) is 11.4. The summed E-state index contributed by atoms with van der Waals surface area (Å²) in [6, 6.07) is 9.85. The number of hydrogen-bond donors (Lipinski definition) is 1. The van der Waals surface area contributed by atoms with Crippen LogP contribution < -0.4 is 0 Å². The fourth-order valence-electron chi connectivity index (χ4n) is 3.35. The quantitative estimate of drug-likeness (QED) is 0.861. The highest BCUT2D eigenvalue weighted by atomic mass is 16.4. The van der Waals surface area contributed by atoms with E-state index in [1.54, 1.807) is 0 Å². The van der Waals surface area contributed by atoms with Gasteiger partial charge >= 0.3 is 0 Å². The molecule has 2 heteroatoms. The molecule has 1 aromatic heterocycles. The van der Waals surface area contributed by atoms with Crippen LogP contribution in [0.3, 0.4) is 0 Å². The molecule has 0 spiro atoms. The summed E-state index contributed by atoms with van der Waals surface area (Å²) < 4.78 is 5.77. The van der Waals surface area contributed by atoms with E-state index in [9.17, 15) is 5.11 Å². The Morgan fingerprint density at radius 3 is 2.28 bits per heavy atom. The second kappa shape index (κ2) is 3.39. The van der Waals surface area contributed by atoms with Crippen LogP contribution in [0.15, 0.2) is 34.7 Å². The molecule has 1 aromatic carbocycles. The molecule has 1 atom stereocenters. The topological polar surface area (TPSA) is 33.4 Å². The summed E-state index contributed by atoms with van der Waals surface area (Å²) in [6.07, 6.45) is -0.512. The number of fused-ring (bicyclic) bond motifs is 1. The molecule has 2 nitrogen and oxygen atoms in total. The molecule has 3 rings (SSSR count). The van der Waals surface area contributed by atoms with Gasteiger partial charge in [0.2, 0.25) is 0 Å². The van der Waals surface area contributed by atoms with Gasteiger partial charge in [0.1, 0.15) is 17.4 Å². The predicted octanol–water partition coefficient (Wildman–Crippen LogP) is 4.15. The lowest BCUT2D eigenvalue weighted by Gasteiger charge is -2.09. The molecule has 1 saturated carbocycles. The summed E-state index contributed by atoms with van der Waals surface area (Å²) in [5, 5.41) is 11.6. The molecule has 2 aromatic rings. The van der Waals surface area contributed by atoms with Gasteiger partial charge in [-0.2, -0.15) is 0 Å². The van der Waals surface area contributed by atoms with Crippen LogP contribution in [-0.4, -0.2) is 5.11 Å². The summed E-state index contributed by atoms with van der Waals surface area (Å²) in [4.78, 5) is 0. The third-order valence-electron chi connectivity index (χ3n) is 5.18. The first-order chi connectivity index (χ1) is 8.35. The Bertz CT molecular complexity index is 545. The van der Waals surface area contributed by atoms with Crippen LogP contribution in [0.4, 0.5) is 0 Å². The predicted molar refractivity (Wildman–Crippen MR) is 72.2 cm³/mol. The smallest absolute Gasteiger partial charge is 0.134 e. The van der Waals surface area contributed by atoms with Crippen LogP contribution in [0.2, 0.25) is 0 Å². The Kier molecular flexibility index (Phi) is 2.22. The van der Waals surface area contributed by atoms with E-state index in [2.05, 4.69) is 27.7 Å². The Balaban J connectivity index is 1.96. The van der Waals surface area contributed by atoms with Gasteiger partial charge in [0.05, 0.1) is 0 Å². The summed E-state index contributed by atoms with van der Waals surface area (Å²) >= 11 is 0. The van der Waals surface area contributed by atoms with Crippen molar-refractivity contribution in [3.05, 3.63) is 36.1 Å². The molecule has 1 aliphatic carbocycles. The molecule has 0 bridgehead atoms. The molecule has 0 aliphatic heterocycles. The van der Waals surface area contributed by atoms with E-state index in [1.807, 2.05) is 30.3 Å². The number of para-hydroxylation sites is 1. The van der Waals surface area contributed by atoms with Gasteiger partial charge < -0.3 is 9.52 Å². The van der Waals surface area contributed by atoms with Crippen molar-refractivity contribution in [1.29, 1.82) is 0 Å². The van der Waals surface area contributed by atoms with Crippen molar-refractivity contribution >= 4 is 11.0 Å². The Labute approximate surface area is 108 Å². The van der Waals surface area contributed by atoms with E-state index < -0.39 is 6.10 Å². The van der Waals surface area contributed by atoms with E-state index >= 15 is 0 Å². The molecule has 0 radical (unpaired) electrons. The number of aliphatic hydroxyl groups excluding tert-OH is 1. The second-order valence-electron chi connectivity index (χ2n) is 6.55. The molecule has 1 heterocycles. The van der Waals surface area contributed by atoms with Gasteiger partial charge in [-0.15, -0.1) is 0 Å². The van der Waals surface area contributed by atoms with E-state index in [4.69, 9.17) is 4.42 Å². The Morgan fingerprint density at radius 1 is 1.11 bits per heavy atom. The maximum atomic E-state index is 10.5. The number of hydrogen-bond acceptors (Lipinski definition) is 2. The molecule has 18 heavy (non-hydrogen) atoms. The zero-order chi connectivity index (χ0) is 13.1. The van der Waals surface area contributed by atoms with Crippen molar-refractivity contribution < 1.29 is 9.52 Å². The average molecular weight is 244 g/mol. The van der Waals surface area contributed by atoms with E-state index in [-0.39, 0.29) is 16.7 Å². The number of benzene rings is 1. The van der Waals surface area contributed by atoms with Crippen LogP contribution >= 0.6 is 0 Å². The fraction of sp³-hybridized carbons (Fsp3) is 0.500. The molecule has 1 fully saturated rings. The monoisotopic (exact) mass is 244 g/mol. The van der Waals surface area contributed by atoms with Crippen LogP contribution in [0.5, 0.6) is 0 Å². The van der Waals surface area contributed by atoms with Crippen molar-refractivity contribution in [1.82, 2.24) is 0 Å². The minimum atomic E-state index is -0.512. The Morgan fingerprint density at radius 2 is 1.72 bits per heavy atom. The average Bonchev–Trinajstić information content (AvgIpc) is 2.67. The van der Waals surface area contributed by atoms with Crippen molar-refractivity contribution in [3.63, 3.8) is 0 Å². The normalized spacial score (nSPS) is 23.2. The molecule has 1 N–H and O–H groups in total. The largest absolute Gasteiger partial charge is 0.458 e. The minimum Gasteiger partial charge on any atom is -0.458 e. The fourth-order valence-corrected chi connectivity index (χ4v) is 3.35. The molecule has 96 valence electrons. The molecule has 0 amide bonds. The van der Waals surface area contributed by atoms with Gasteiger partial charge in [0.25, 0.3) is 0 Å². The maximum absolute atomic E-state index is 10.5. The lowest BCUT2D eigenvalue weighted by molar-refractivity contribution is 0.108. The zero-order valence-corrected chi connectivity index (χ0v) is 11.4. The van der Waals surface area contributed by atoms with Crippen LogP contribution in [0, 0.1) is 16.7 Å². The van der Waals surface area contributed by atoms with Crippen molar-refractivity contribution in [2.45, 2.75) is 33.8 Å². The summed E-state index contributed by atoms with van der Waals surface area (Å²) in [6.45, 7) is 8.85.